The predicted octanol–water partition coefficient (Wildman–Crippen LogP) is 2.07. The Bertz CT molecular complexity index is 435. The molecule has 0 spiro atoms. The van der Waals surface area contributed by atoms with E-state index in [1.165, 1.54) is 6.07 Å². The first-order valence-electron chi connectivity index (χ1n) is 6.22. The molecule has 1 rings (SSSR count). The largest absolute Gasteiger partial charge is 0.507 e. The summed E-state index contributed by atoms with van der Waals surface area (Å²) in [5.41, 5.74) is 0.0108. The van der Waals surface area contributed by atoms with Crippen LogP contribution in [0.4, 0.5) is 4.39 Å². The molecule has 0 heterocycles. The first-order chi connectivity index (χ1) is 8.90. The highest BCUT2D eigenvalue weighted by atomic mass is 19.1. The van der Waals surface area contributed by atoms with Crippen LogP contribution < -0.4 is 0 Å². The van der Waals surface area contributed by atoms with Crippen LogP contribution in [0.1, 0.15) is 24.2 Å². The van der Waals surface area contributed by atoms with E-state index in [9.17, 15) is 14.3 Å². The van der Waals surface area contributed by atoms with Crippen LogP contribution in [0, 0.1) is 5.82 Å². The van der Waals surface area contributed by atoms with Crippen molar-refractivity contribution in [1.29, 1.82) is 0 Å². The molecule has 1 aromatic carbocycles. The predicted molar refractivity (Wildman–Crippen MR) is 71.0 cm³/mol. The lowest BCUT2D eigenvalue weighted by Gasteiger charge is -2.17. The third-order valence-corrected chi connectivity index (χ3v) is 2.60. The number of likely N-dealkylation sites (N-methyl/N-ethyl adjacent to an activating group) is 1. The first-order valence-corrected chi connectivity index (χ1v) is 6.22. The molecule has 0 aliphatic carbocycles. The fraction of sp³-hybridized carbons (Fsp3) is 0.500. The number of phenolic OH excluding ortho intramolecular Hbond substituents is 1. The lowest BCUT2D eigenvalue weighted by molar-refractivity contribution is 0.0619. The van der Waals surface area contributed by atoms with E-state index in [4.69, 9.17) is 4.74 Å². The van der Waals surface area contributed by atoms with Gasteiger partial charge in [0, 0.05) is 6.54 Å². The molecule has 0 unspecified atom stereocenters. The second kappa shape index (κ2) is 7.21. The van der Waals surface area contributed by atoms with Crippen molar-refractivity contribution in [1.82, 2.24) is 4.90 Å². The van der Waals surface area contributed by atoms with Crippen LogP contribution in [0.2, 0.25) is 0 Å². The number of aromatic hydroxyl groups is 1. The van der Waals surface area contributed by atoms with Gasteiger partial charge in [0.2, 0.25) is 0 Å². The van der Waals surface area contributed by atoms with E-state index in [0.29, 0.717) is 13.2 Å². The van der Waals surface area contributed by atoms with E-state index in [2.05, 4.69) is 0 Å². The van der Waals surface area contributed by atoms with Crippen molar-refractivity contribution in [3.05, 3.63) is 29.6 Å². The molecule has 4 nitrogen and oxygen atoms in total. The van der Waals surface area contributed by atoms with Crippen LogP contribution in [0.25, 0.3) is 0 Å². The van der Waals surface area contributed by atoms with Crippen LogP contribution in [0.5, 0.6) is 5.75 Å². The molecule has 0 saturated heterocycles. The zero-order valence-corrected chi connectivity index (χ0v) is 11.5. The Kier molecular flexibility index (Phi) is 5.92. The second-order valence-electron chi connectivity index (χ2n) is 4.74. The number of carbonyl (C=O) groups excluding carboxylic acids is 1. The Morgan fingerprint density at radius 1 is 1.47 bits per heavy atom. The van der Waals surface area contributed by atoms with Gasteiger partial charge in [-0.05, 0) is 39.1 Å². The van der Waals surface area contributed by atoms with Crippen molar-refractivity contribution in [2.24, 2.45) is 0 Å². The molecule has 0 atom stereocenters. The van der Waals surface area contributed by atoms with E-state index >= 15 is 0 Å². The zero-order valence-electron chi connectivity index (χ0n) is 11.5. The van der Waals surface area contributed by atoms with Crippen LogP contribution in [0.15, 0.2) is 18.2 Å². The second-order valence-corrected chi connectivity index (χ2v) is 4.74. The van der Waals surface area contributed by atoms with Crippen LogP contribution in [0.3, 0.4) is 0 Å². The van der Waals surface area contributed by atoms with Gasteiger partial charge in [-0.1, -0.05) is 0 Å². The summed E-state index contributed by atoms with van der Waals surface area (Å²) in [4.78, 5) is 13.7. The minimum atomic E-state index is -0.535. The standard InChI is InChI=1S/C14H20FNO3/c1-10(2)19-7-6-16(3)9-14(18)12-8-11(15)4-5-13(12)17/h4-5,8,10,17H,6-7,9H2,1-3H3. The van der Waals surface area contributed by atoms with Crippen molar-refractivity contribution in [3.8, 4) is 5.75 Å². The van der Waals surface area contributed by atoms with Gasteiger partial charge in [-0.15, -0.1) is 0 Å². The Hall–Kier alpha value is -1.46. The minimum absolute atomic E-state index is 0.0108. The number of rotatable bonds is 7. The molecule has 0 aliphatic heterocycles. The summed E-state index contributed by atoms with van der Waals surface area (Å²) in [5.74, 6) is -1.05. The maximum atomic E-state index is 13.0. The van der Waals surface area contributed by atoms with Crippen molar-refractivity contribution >= 4 is 5.78 Å². The summed E-state index contributed by atoms with van der Waals surface area (Å²) in [6.07, 6.45) is 0.149. The number of hydrogen-bond acceptors (Lipinski definition) is 4. The van der Waals surface area contributed by atoms with Crippen molar-refractivity contribution in [3.63, 3.8) is 0 Å². The van der Waals surface area contributed by atoms with E-state index in [1.807, 2.05) is 13.8 Å². The molecule has 0 aliphatic rings. The summed E-state index contributed by atoms with van der Waals surface area (Å²) < 4.78 is 18.4. The maximum absolute atomic E-state index is 13.0. The summed E-state index contributed by atoms with van der Waals surface area (Å²) >= 11 is 0. The van der Waals surface area contributed by atoms with Crippen molar-refractivity contribution in [2.75, 3.05) is 26.7 Å². The Morgan fingerprint density at radius 2 is 2.16 bits per heavy atom. The van der Waals surface area contributed by atoms with E-state index in [1.54, 1.807) is 11.9 Å². The monoisotopic (exact) mass is 269 g/mol. The summed E-state index contributed by atoms with van der Waals surface area (Å²) in [6.45, 7) is 5.11. The SMILES string of the molecule is CC(C)OCCN(C)CC(=O)c1cc(F)ccc1O. The molecule has 0 bridgehead atoms. The summed E-state index contributed by atoms with van der Waals surface area (Å²) in [6, 6.07) is 3.35. The zero-order chi connectivity index (χ0) is 14.4. The highest BCUT2D eigenvalue weighted by Gasteiger charge is 2.14. The smallest absolute Gasteiger partial charge is 0.180 e. The third-order valence-electron chi connectivity index (χ3n) is 2.60. The van der Waals surface area contributed by atoms with Gasteiger partial charge in [0.1, 0.15) is 11.6 Å². The molecule has 1 N–H and O–H groups in total. The lowest BCUT2D eigenvalue weighted by Crippen LogP contribution is -2.30. The number of hydrogen-bond donors (Lipinski definition) is 1. The molecule has 1 aromatic rings. The normalized spacial score (nSPS) is 11.3. The minimum Gasteiger partial charge on any atom is -0.507 e. The van der Waals surface area contributed by atoms with Gasteiger partial charge >= 0.3 is 0 Å². The molecule has 0 aromatic heterocycles. The maximum Gasteiger partial charge on any atom is 0.180 e. The van der Waals surface area contributed by atoms with Gasteiger partial charge in [0.05, 0.1) is 24.8 Å². The quantitative estimate of drug-likeness (QED) is 0.770. The number of benzene rings is 1. The molecule has 0 radical (unpaired) electrons. The highest BCUT2D eigenvalue weighted by Crippen LogP contribution is 2.18. The topological polar surface area (TPSA) is 49.8 Å². The Balaban J connectivity index is 2.52. The molecular weight excluding hydrogens is 249 g/mol. The lowest BCUT2D eigenvalue weighted by atomic mass is 10.1. The fourth-order valence-corrected chi connectivity index (χ4v) is 1.59. The van der Waals surface area contributed by atoms with Crippen molar-refractivity contribution in [2.45, 2.75) is 20.0 Å². The number of phenols is 1. The van der Waals surface area contributed by atoms with Gasteiger partial charge in [-0.25, -0.2) is 4.39 Å². The number of ketones is 1. The number of nitrogens with zero attached hydrogens (tertiary/aromatic N) is 1. The van der Waals surface area contributed by atoms with Gasteiger partial charge in [-0.2, -0.15) is 0 Å². The number of Topliss-reactive ketones (excluding diaryl/α,β-unsaturated/α-hetero) is 1. The fourth-order valence-electron chi connectivity index (χ4n) is 1.59. The molecule has 5 heteroatoms. The van der Waals surface area contributed by atoms with Gasteiger partial charge in [0.15, 0.2) is 5.78 Å². The van der Waals surface area contributed by atoms with E-state index < -0.39 is 5.82 Å². The van der Waals surface area contributed by atoms with Crippen LogP contribution in [-0.4, -0.2) is 48.6 Å². The average molecular weight is 269 g/mol. The van der Waals surface area contributed by atoms with Crippen LogP contribution >= 0.6 is 0 Å². The number of halogens is 1. The average Bonchev–Trinajstić information content (AvgIpc) is 2.31. The Morgan fingerprint density at radius 3 is 2.79 bits per heavy atom. The van der Waals surface area contributed by atoms with E-state index in [-0.39, 0.29) is 29.7 Å². The molecule has 106 valence electrons. The molecule has 0 saturated carbocycles. The molecule has 19 heavy (non-hydrogen) atoms. The summed E-state index contributed by atoms with van der Waals surface area (Å²) in [7, 11) is 1.78. The first kappa shape index (κ1) is 15.6. The van der Waals surface area contributed by atoms with E-state index in [0.717, 1.165) is 12.1 Å². The summed E-state index contributed by atoms with van der Waals surface area (Å²) in [5, 5.41) is 9.54. The van der Waals surface area contributed by atoms with Gasteiger partial charge in [-0.3, -0.25) is 9.69 Å². The van der Waals surface area contributed by atoms with Crippen LogP contribution in [-0.2, 0) is 4.74 Å². The Labute approximate surface area is 112 Å². The highest BCUT2D eigenvalue weighted by molar-refractivity contribution is 5.99. The number of ether oxygens (including phenoxy) is 1. The molecule has 0 amide bonds. The van der Waals surface area contributed by atoms with Gasteiger partial charge < -0.3 is 9.84 Å². The van der Waals surface area contributed by atoms with Crippen molar-refractivity contribution < 1.29 is 19.0 Å². The van der Waals surface area contributed by atoms with Gasteiger partial charge in [0.25, 0.3) is 0 Å². The molecule has 0 fully saturated rings. The third kappa shape index (κ3) is 5.36. The number of carbonyl (C=O) groups is 1. The molecular formula is C14H20FNO3.